The van der Waals surface area contributed by atoms with Gasteiger partial charge < -0.3 is 19.5 Å². The third kappa shape index (κ3) is 6.69. The average molecular weight is 463 g/mol. The number of benzene rings is 1. The van der Waals surface area contributed by atoms with E-state index in [0.29, 0.717) is 37.6 Å². The predicted molar refractivity (Wildman–Crippen MR) is 122 cm³/mol. The summed E-state index contributed by atoms with van der Waals surface area (Å²) in [4.78, 5) is 30.9. The van der Waals surface area contributed by atoms with Gasteiger partial charge in [-0.05, 0) is 38.5 Å². The second-order valence-electron chi connectivity index (χ2n) is 8.86. The van der Waals surface area contributed by atoms with Crippen molar-refractivity contribution >= 4 is 23.6 Å². The summed E-state index contributed by atoms with van der Waals surface area (Å²) < 4.78 is 7.46. The molecule has 1 atom stereocenters. The average Bonchev–Trinajstić information content (AvgIpc) is 3.15. The summed E-state index contributed by atoms with van der Waals surface area (Å²) >= 11 is 5.95. The number of aromatic nitrogens is 2. The van der Waals surface area contributed by atoms with Crippen LogP contribution in [0.4, 0.5) is 4.79 Å². The van der Waals surface area contributed by atoms with Gasteiger partial charge in [0, 0.05) is 56.1 Å². The minimum atomic E-state index is -0.629. The highest BCUT2D eigenvalue weighted by atomic mass is 35.5. The lowest BCUT2D eigenvalue weighted by atomic mass is 10.1. The largest absolute Gasteiger partial charge is 0.444 e. The molecule has 1 aliphatic heterocycles. The number of rotatable bonds is 6. The molecule has 0 radical (unpaired) electrons. The van der Waals surface area contributed by atoms with E-state index in [0.717, 1.165) is 11.3 Å². The summed E-state index contributed by atoms with van der Waals surface area (Å²) in [5.74, 6) is 5.81. The van der Waals surface area contributed by atoms with Crippen molar-refractivity contribution in [2.24, 2.45) is 5.84 Å². The molecule has 1 aromatic carbocycles. The van der Waals surface area contributed by atoms with Gasteiger partial charge in [-0.2, -0.15) is 0 Å². The Balaban J connectivity index is 1.51. The second-order valence-corrected chi connectivity index (χ2v) is 9.30. The summed E-state index contributed by atoms with van der Waals surface area (Å²) in [5.41, 5.74) is 1.52. The molecule has 3 rings (SSSR count). The summed E-state index contributed by atoms with van der Waals surface area (Å²) in [6, 6.07) is 7.04. The fourth-order valence-corrected chi connectivity index (χ4v) is 3.57. The molecule has 0 unspecified atom stereocenters. The van der Waals surface area contributed by atoms with Gasteiger partial charge in [0.2, 0.25) is 5.91 Å². The quantitative estimate of drug-likeness (QED) is 0.636. The molecule has 174 valence electrons. The van der Waals surface area contributed by atoms with E-state index in [4.69, 9.17) is 22.2 Å². The fourth-order valence-electron chi connectivity index (χ4n) is 3.44. The lowest BCUT2D eigenvalue weighted by Gasteiger charge is -2.38. The van der Waals surface area contributed by atoms with E-state index < -0.39 is 17.7 Å². The molecular formula is C22H31ClN6O3. The van der Waals surface area contributed by atoms with Gasteiger partial charge in [-0.1, -0.05) is 23.7 Å². The molecule has 3 N–H and O–H groups in total. The Bertz CT molecular complexity index is 924. The highest BCUT2D eigenvalue weighted by Gasteiger charge is 2.34. The number of carbonyl (C=O) groups is 2. The molecule has 32 heavy (non-hydrogen) atoms. The Morgan fingerprint density at radius 3 is 2.66 bits per heavy atom. The van der Waals surface area contributed by atoms with Crippen molar-refractivity contribution in [3.8, 4) is 0 Å². The molecule has 1 fully saturated rings. The van der Waals surface area contributed by atoms with Crippen LogP contribution in [0.3, 0.4) is 0 Å². The molecule has 0 bridgehead atoms. The third-order valence-corrected chi connectivity index (χ3v) is 5.37. The van der Waals surface area contributed by atoms with Crippen molar-refractivity contribution in [1.82, 2.24) is 24.8 Å². The number of hydrogen-bond donors (Lipinski definition) is 2. The predicted octanol–water partition coefficient (Wildman–Crippen LogP) is 2.04. The minimum absolute atomic E-state index is 0.186. The molecule has 0 saturated carbocycles. The van der Waals surface area contributed by atoms with Crippen LogP contribution in [0.5, 0.6) is 0 Å². The molecule has 2 amide bonds. The number of hydrazine groups is 1. The first-order valence-electron chi connectivity index (χ1n) is 10.6. The number of amides is 2. The topological polar surface area (TPSA) is 106 Å². The Kier molecular flexibility index (Phi) is 7.76. The van der Waals surface area contributed by atoms with Crippen molar-refractivity contribution < 1.29 is 14.3 Å². The van der Waals surface area contributed by atoms with Crippen LogP contribution < -0.4 is 11.2 Å². The Hall–Kier alpha value is -2.62. The molecule has 2 aromatic rings. The Labute approximate surface area is 193 Å². The molecule has 9 nitrogen and oxygen atoms in total. The van der Waals surface area contributed by atoms with Crippen molar-refractivity contribution in [1.29, 1.82) is 0 Å². The summed E-state index contributed by atoms with van der Waals surface area (Å²) in [6.45, 7) is 7.53. The molecule has 1 aliphatic rings. The zero-order valence-corrected chi connectivity index (χ0v) is 19.5. The van der Waals surface area contributed by atoms with E-state index in [1.807, 2.05) is 49.6 Å². The number of nitrogens with one attached hydrogen (secondary N) is 1. The molecule has 10 heteroatoms. The van der Waals surface area contributed by atoms with Gasteiger partial charge in [-0.25, -0.2) is 14.8 Å². The van der Waals surface area contributed by atoms with E-state index >= 15 is 0 Å². The summed E-state index contributed by atoms with van der Waals surface area (Å²) in [6.07, 6.45) is 3.75. The minimum Gasteiger partial charge on any atom is -0.444 e. The Morgan fingerprint density at radius 1 is 1.25 bits per heavy atom. The molecule has 1 aromatic heterocycles. The summed E-state index contributed by atoms with van der Waals surface area (Å²) in [5, 5.41) is 5.10. The van der Waals surface area contributed by atoms with Crippen LogP contribution >= 0.6 is 11.6 Å². The summed E-state index contributed by atoms with van der Waals surface area (Å²) in [7, 11) is 0. The van der Waals surface area contributed by atoms with Crippen LogP contribution in [0.2, 0.25) is 5.02 Å². The third-order valence-electron chi connectivity index (χ3n) is 5.12. The number of hydrogen-bond acceptors (Lipinski definition) is 6. The number of piperazine rings is 1. The van der Waals surface area contributed by atoms with Crippen LogP contribution in [0, 0.1) is 0 Å². The number of nitrogens with two attached hydrogens (primary N) is 1. The SMILES string of the molecule is CC(C)(C)OC(=O)N1CCN(N)[C@@H](C(=O)NCCc2cncn2Cc2ccc(Cl)cc2)C1. The molecular weight excluding hydrogens is 432 g/mol. The van der Waals surface area contributed by atoms with Gasteiger partial charge in [0.25, 0.3) is 0 Å². The van der Waals surface area contributed by atoms with Crippen molar-refractivity contribution in [2.75, 3.05) is 26.2 Å². The number of carbonyl (C=O) groups excluding carboxylic acids is 2. The van der Waals surface area contributed by atoms with E-state index in [9.17, 15) is 9.59 Å². The van der Waals surface area contributed by atoms with Crippen molar-refractivity contribution in [3.05, 3.63) is 53.1 Å². The van der Waals surface area contributed by atoms with E-state index in [2.05, 4.69) is 10.3 Å². The van der Waals surface area contributed by atoms with Gasteiger partial charge in [0.15, 0.2) is 0 Å². The fraction of sp³-hybridized carbons (Fsp3) is 0.500. The van der Waals surface area contributed by atoms with E-state index in [1.54, 1.807) is 12.5 Å². The smallest absolute Gasteiger partial charge is 0.410 e. The molecule has 2 heterocycles. The highest BCUT2D eigenvalue weighted by Crippen LogP contribution is 2.14. The lowest BCUT2D eigenvalue weighted by Crippen LogP contribution is -2.62. The van der Waals surface area contributed by atoms with Crippen LogP contribution in [0.15, 0.2) is 36.8 Å². The molecule has 1 saturated heterocycles. The van der Waals surface area contributed by atoms with Gasteiger partial charge in [0.1, 0.15) is 11.6 Å². The highest BCUT2D eigenvalue weighted by molar-refractivity contribution is 6.30. The van der Waals surface area contributed by atoms with Crippen molar-refractivity contribution in [2.45, 2.75) is 45.4 Å². The molecule has 0 aliphatic carbocycles. The monoisotopic (exact) mass is 462 g/mol. The number of ether oxygens (including phenoxy) is 1. The Morgan fingerprint density at radius 2 is 1.97 bits per heavy atom. The number of nitrogens with zero attached hydrogens (tertiary/aromatic N) is 4. The second kappa shape index (κ2) is 10.3. The van der Waals surface area contributed by atoms with Gasteiger partial charge in [-0.15, -0.1) is 0 Å². The van der Waals surface area contributed by atoms with E-state index in [1.165, 1.54) is 9.91 Å². The van der Waals surface area contributed by atoms with Gasteiger partial charge >= 0.3 is 6.09 Å². The van der Waals surface area contributed by atoms with Crippen LogP contribution in [0.25, 0.3) is 0 Å². The van der Waals surface area contributed by atoms with Crippen molar-refractivity contribution in [3.63, 3.8) is 0 Å². The zero-order valence-electron chi connectivity index (χ0n) is 18.8. The lowest BCUT2D eigenvalue weighted by molar-refractivity contribution is -0.128. The maximum absolute atomic E-state index is 12.8. The standard InChI is InChI=1S/C22H31ClN6O3/c1-22(2,3)32-21(31)27-10-11-29(24)19(14-27)20(30)26-9-8-18-12-25-15-28(18)13-16-4-6-17(23)7-5-16/h4-7,12,15,19H,8-11,13-14,24H2,1-3H3,(H,26,30)/t19-/m1/s1. The van der Waals surface area contributed by atoms with Crippen LogP contribution in [0.1, 0.15) is 32.0 Å². The first-order valence-corrected chi connectivity index (χ1v) is 11.0. The maximum Gasteiger partial charge on any atom is 0.410 e. The van der Waals surface area contributed by atoms with Crippen LogP contribution in [-0.2, 0) is 22.5 Å². The molecule has 0 spiro atoms. The first kappa shape index (κ1) is 24.0. The van der Waals surface area contributed by atoms with E-state index in [-0.39, 0.29) is 12.5 Å². The maximum atomic E-state index is 12.8. The normalized spacial score (nSPS) is 17.3. The van der Waals surface area contributed by atoms with Gasteiger partial charge in [0.05, 0.1) is 6.33 Å². The zero-order chi connectivity index (χ0) is 23.3. The van der Waals surface area contributed by atoms with Gasteiger partial charge in [-0.3, -0.25) is 10.6 Å². The number of imidazole rings is 1. The first-order chi connectivity index (χ1) is 15.1. The van der Waals surface area contributed by atoms with Crippen LogP contribution in [-0.4, -0.2) is 69.3 Å². The number of halogens is 1.